The molecule has 140 valence electrons. The molecule has 0 aromatic heterocycles. The van der Waals surface area contributed by atoms with E-state index in [4.69, 9.17) is 9.84 Å². The number of carbonyl (C=O) groups is 2. The summed E-state index contributed by atoms with van der Waals surface area (Å²) in [5, 5.41) is 8.83. The number of carboxylic acids is 1. The molecule has 0 spiro atoms. The number of benzene rings is 1. The first-order valence-electron chi connectivity index (χ1n) is 8.00. The smallest absolute Gasteiger partial charge is 0.305 e. The van der Waals surface area contributed by atoms with Gasteiger partial charge >= 0.3 is 5.97 Å². The van der Waals surface area contributed by atoms with Crippen molar-refractivity contribution in [2.24, 2.45) is 5.92 Å². The summed E-state index contributed by atoms with van der Waals surface area (Å²) < 4.78 is 29.0. The maximum absolute atomic E-state index is 12.6. The van der Waals surface area contributed by atoms with Crippen LogP contribution in [-0.4, -0.2) is 62.9 Å². The summed E-state index contributed by atoms with van der Waals surface area (Å²) in [6, 6.07) is 5.69. The van der Waals surface area contributed by atoms with Crippen LogP contribution in [0.25, 0.3) is 0 Å². The predicted octanol–water partition coefficient (Wildman–Crippen LogP) is 1.68. The molecule has 0 radical (unpaired) electrons. The first-order valence-corrected chi connectivity index (χ1v) is 9.65. The number of hydrogen-bond donors (Lipinski definition) is 1. The first kappa shape index (κ1) is 21.1. The Kier molecular flexibility index (Phi) is 8.05. The molecule has 0 saturated carbocycles. The van der Waals surface area contributed by atoms with Crippen LogP contribution in [0.2, 0.25) is 0 Å². The van der Waals surface area contributed by atoms with Crippen molar-refractivity contribution in [3.8, 4) is 0 Å². The van der Waals surface area contributed by atoms with E-state index in [9.17, 15) is 18.0 Å². The number of carbonyl (C=O) groups excluding carboxylic acids is 1. The molecule has 0 heterocycles. The summed E-state index contributed by atoms with van der Waals surface area (Å²) in [4.78, 5) is 25.0. The van der Waals surface area contributed by atoms with Crippen molar-refractivity contribution in [3.63, 3.8) is 0 Å². The number of nitrogens with zero attached hydrogens (tertiary/aromatic N) is 1. The predicted molar refractivity (Wildman–Crippen MR) is 93.4 cm³/mol. The van der Waals surface area contributed by atoms with Gasteiger partial charge in [-0.05, 0) is 30.2 Å². The largest absolute Gasteiger partial charge is 0.481 e. The number of methoxy groups -OCH3 is 1. The Bertz CT molecular complexity index is 682. The van der Waals surface area contributed by atoms with Crippen LogP contribution in [0.1, 0.15) is 30.6 Å². The van der Waals surface area contributed by atoms with E-state index in [-0.39, 0.29) is 42.0 Å². The molecule has 0 aliphatic carbocycles. The van der Waals surface area contributed by atoms with Crippen molar-refractivity contribution in [2.75, 3.05) is 32.6 Å². The molecule has 0 aliphatic heterocycles. The number of aliphatic carboxylic acids is 1. The maximum Gasteiger partial charge on any atom is 0.305 e. The van der Waals surface area contributed by atoms with Crippen molar-refractivity contribution in [1.82, 2.24) is 4.90 Å². The van der Waals surface area contributed by atoms with Crippen LogP contribution in [0.5, 0.6) is 0 Å². The Hall–Kier alpha value is -1.93. The molecular weight excluding hydrogens is 346 g/mol. The Morgan fingerprint density at radius 2 is 1.80 bits per heavy atom. The van der Waals surface area contributed by atoms with E-state index in [0.717, 1.165) is 0 Å². The summed E-state index contributed by atoms with van der Waals surface area (Å²) in [6.45, 7) is 4.51. The first-order chi connectivity index (χ1) is 11.7. The highest BCUT2D eigenvalue weighted by Crippen LogP contribution is 2.15. The SMILES string of the molecule is COCCS(=O)(=O)c1ccc(C(=O)N(CCC(=O)O)CC(C)C)cc1. The van der Waals surface area contributed by atoms with Crippen LogP contribution in [-0.2, 0) is 19.4 Å². The Morgan fingerprint density at radius 3 is 2.28 bits per heavy atom. The molecular formula is C17H25NO6S. The number of amides is 1. The zero-order valence-electron chi connectivity index (χ0n) is 14.8. The molecule has 1 aromatic rings. The monoisotopic (exact) mass is 371 g/mol. The molecule has 0 unspecified atom stereocenters. The van der Waals surface area contributed by atoms with E-state index in [2.05, 4.69) is 0 Å². The lowest BCUT2D eigenvalue weighted by Crippen LogP contribution is -2.36. The number of hydrogen-bond acceptors (Lipinski definition) is 5. The molecule has 25 heavy (non-hydrogen) atoms. The van der Waals surface area contributed by atoms with E-state index < -0.39 is 15.8 Å². The summed E-state index contributed by atoms with van der Waals surface area (Å²) in [7, 11) is -2.02. The molecule has 8 heteroatoms. The van der Waals surface area contributed by atoms with Gasteiger partial charge in [-0.2, -0.15) is 0 Å². The highest BCUT2D eigenvalue weighted by Gasteiger charge is 2.19. The third-order valence-corrected chi connectivity index (χ3v) is 5.18. The van der Waals surface area contributed by atoms with Gasteiger partial charge in [0.05, 0.1) is 23.7 Å². The summed E-state index contributed by atoms with van der Waals surface area (Å²) >= 11 is 0. The lowest BCUT2D eigenvalue weighted by atomic mass is 10.1. The van der Waals surface area contributed by atoms with E-state index in [1.165, 1.54) is 36.3 Å². The van der Waals surface area contributed by atoms with E-state index >= 15 is 0 Å². The average Bonchev–Trinajstić information content (AvgIpc) is 2.56. The van der Waals surface area contributed by atoms with Crippen LogP contribution < -0.4 is 0 Å². The Labute approximate surface area is 148 Å². The van der Waals surface area contributed by atoms with Gasteiger partial charge in [-0.3, -0.25) is 9.59 Å². The van der Waals surface area contributed by atoms with Crippen LogP contribution >= 0.6 is 0 Å². The fourth-order valence-electron chi connectivity index (χ4n) is 2.25. The van der Waals surface area contributed by atoms with E-state index in [1.807, 2.05) is 13.8 Å². The molecule has 7 nitrogen and oxygen atoms in total. The number of ether oxygens (including phenoxy) is 1. The van der Waals surface area contributed by atoms with Gasteiger partial charge in [0.25, 0.3) is 5.91 Å². The molecule has 1 N–H and O–H groups in total. The van der Waals surface area contributed by atoms with Crippen molar-refractivity contribution < 1.29 is 27.9 Å². The van der Waals surface area contributed by atoms with Gasteiger partial charge in [-0.25, -0.2) is 8.42 Å². The van der Waals surface area contributed by atoms with Crippen LogP contribution in [0.4, 0.5) is 0 Å². The molecule has 0 saturated heterocycles. The zero-order valence-corrected chi connectivity index (χ0v) is 15.6. The van der Waals surface area contributed by atoms with Crippen molar-refractivity contribution >= 4 is 21.7 Å². The van der Waals surface area contributed by atoms with Gasteiger partial charge in [-0.1, -0.05) is 13.8 Å². The highest BCUT2D eigenvalue weighted by molar-refractivity contribution is 7.91. The zero-order chi connectivity index (χ0) is 19.0. The standard InChI is InChI=1S/C17H25NO6S/c1-13(2)12-18(9-8-16(19)20)17(21)14-4-6-15(7-5-14)25(22,23)11-10-24-3/h4-7,13H,8-12H2,1-3H3,(H,19,20). The quantitative estimate of drug-likeness (QED) is 0.671. The van der Waals surface area contributed by atoms with Crippen LogP contribution in [0.15, 0.2) is 29.2 Å². The Balaban J connectivity index is 2.93. The van der Waals surface area contributed by atoms with Crippen molar-refractivity contribution in [2.45, 2.75) is 25.2 Å². The highest BCUT2D eigenvalue weighted by atomic mass is 32.2. The van der Waals surface area contributed by atoms with Gasteiger partial charge < -0.3 is 14.7 Å². The third-order valence-electron chi connectivity index (χ3n) is 3.48. The van der Waals surface area contributed by atoms with E-state index in [0.29, 0.717) is 12.1 Å². The summed E-state index contributed by atoms with van der Waals surface area (Å²) in [6.07, 6.45) is -0.137. The normalized spacial score (nSPS) is 11.5. The molecule has 1 rings (SSSR count). The minimum Gasteiger partial charge on any atom is -0.481 e. The topological polar surface area (TPSA) is 101 Å². The summed E-state index contributed by atoms with van der Waals surface area (Å²) in [5.41, 5.74) is 0.330. The van der Waals surface area contributed by atoms with Gasteiger partial charge in [0.1, 0.15) is 0 Å². The molecule has 0 bridgehead atoms. The molecule has 0 aliphatic rings. The lowest BCUT2D eigenvalue weighted by Gasteiger charge is -2.24. The molecule has 1 aromatic carbocycles. The van der Waals surface area contributed by atoms with Gasteiger partial charge in [0.2, 0.25) is 0 Å². The fourth-order valence-corrected chi connectivity index (χ4v) is 3.42. The number of sulfone groups is 1. The van der Waals surface area contributed by atoms with Gasteiger partial charge in [-0.15, -0.1) is 0 Å². The maximum atomic E-state index is 12.6. The van der Waals surface area contributed by atoms with Crippen LogP contribution in [0.3, 0.4) is 0 Å². The molecule has 1 amide bonds. The minimum atomic E-state index is -3.45. The summed E-state index contributed by atoms with van der Waals surface area (Å²) in [5.74, 6) is -1.22. The van der Waals surface area contributed by atoms with Crippen molar-refractivity contribution in [1.29, 1.82) is 0 Å². The molecule has 0 atom stereocenters. The average molecular weight is 371 g/mol. The minimum absolute atomic E-state index is 0.0976. The Morgan fingerprint density at radius 1 is 1.20 bits per heavy atom. The second-order valence-corrected chi connectivity index (χ2v) is 8.23. The van der Waals surface area contributed by atoms with E-state index in [1.54, 1.807) is 0 Å². The second kappa shape index (κ2) is 9.53. The number of carboxylic acid groups (broad SMARTS) is 1. The van der Waals surface area contributed by atoms with Gasteiger partial charge in [0.15, 0.2) is 9.84 Å². The molecule has 0 fully saturated rings. The van der Waals surface area contributed by atoms with Gasteiger partial charge in [0, 0.05) is 25.8 Å². The van der Waals surface area contributed by atoms with Crippen molar-refractivity contribution in [3.05, 3.63) is 29.8 Å². The fraction of sp³-hybridized carbons (Fsp3) is 0.529. The lowest BCUT2D eigenvalue weighted by molar-refractivity contribution is -0.137. The second-order valence-electron chi connectivity index (χ2n) is 6.12. The number of rotatable bonds is 10. The third kappa shape index (κ3) is 6.83. The van der Waals surface area contributed by atoms with Crippen LogP contribution in [0, 0.1) is 5.92 Å².